The summed E-state index contributed by atoms with van der Waals surface area (Å²) in [6, 6.07) is 4.74. The molecule has 2 amide bonds. The van der Waals surface area contributed by atoms with Crippen LogP contribution in [0.15, 0.2) is 18.2 Å². The Labute approximate surface area is 139 Å². The number of ether oxygens (including phenoxy) is 1. The van der Waals surface area contributed by atoms with Crippen LogP contribution in [0.3, 0.4) is 0 Å². The smallest absolute Gasteiger partial charge is 0.253 e. The van der Waals surface area contributed by atoms with Gasteiger partial charge in [-0.1, -0.05) is 11.6 Å². The maximum absolute atomic E-state index is 12.3. The number of carbonyl (C=O) groups is 2. The average Bonchev–Trinajstić information content (AvgIpc) is 3.33. The predicted octanol–water partition coefficient (Wildman–Crippen LogP) is 1.55. The molecule has 7 heteroatoms. The third kappa shape index (κ3) is 4.02. The van der Waals surface area contributed by atoms with E-state index in [0.29, 0.717) is 29.4 Å². The van der Waals surface area contributed by atoms with E-state index >= 15 is 0 Å². The molecule has 2 aliphatic rings. The normalized spacial score (nSPS) is 24.1. The number of hydrogen-bond donors (Lipinski definition) is 3. The molecular formula is C16H20ClN3O3. The zero-order valence-electron chi connectivity index (χ0n) is 12.9. The second-order valence-electron chi connectivity index (χ2n) is 5.94. The van der Waals surface area contributed by atoms with Gasteiger partial charge in [-0.05, 0) is 38.0 Å². The van der Waals surface area contributed by atoms with Crippen molar-refractivity contribution in [2.24, 2.45) is 0 Å². The van der Waals surface area contributed by atoms with Gasteiger partial charge in [0.25, 0.3) is 5.91 Å². The van der Waals surface area contributed by atoms with Gasteiger partial charge in [-0.2, -0.15) is 0 Å². The van der Waals surface area contributed by atoms with Gasteiger partial charge >= 0.3 is 0 Å². The van der Waals surface area contributed by atoms with Crippen molar-refractivity contribution >= 4 is 29.1 Å². The zero-order chi connectivity index (χ0) is 16.4. The second-order valence-corrected chi connectivity index (χ2v) is 6.35. The van der Waals surface area contributed by atoms with Crippen molar-refractivity contribution in [3.8, 4) is 0 Å². The third-order valence-corrected chi connectivity index (χ3v) is 4.32. The summed E-state index contributed by atoms with van der Waals surface area (Å²) < 4.78 is 5.47. The van der Waals surface area contributed by atoms with Crippen LogP contribution < -0.4 is 16.0 Å². The fraction of sp³-hybridized carbons (Fsp3) is 0.500. The van der Waals surface area contributed by atoms with Crippen molar-refractivity contribution < 1.29 is 14.3 Å². The monoisotopic (exact) mass is 337 g/mol. The molecule has 1 aromatic rings. The lowest BCUT2D eigenvalue weighted by Gasteiger charge is -2.29. The quantitative estimate of drug-likeness (QED) is 0.779. The second kappa shape index (κ2) is 6.86. The van der Waals surface area contributed by atoms with Crippen LogP contribution in [-0.4, -0.2) is 43.2 Å². The molecule has 1 aromatic carbocycles. The topological polar surface area (TPSA) is 79.5 Å². The van der Waals surface area contributed by atoms with Gasteiger partial charge in [-0.25, -0.2) is 0 Å². The molecule has 0 unspecified atom stereocenters. The Kier molecular flexibility index (Phi) is 4.84. The number of benzene rings is 1. The average molecular weight is 338 g/mol. The first-order valence-corrected chi connectivity index (χ1v) is 8.18. The number of morpholine rings is 1. The SMILES string of the molecule is C[C@H]1OCCN[C@@H]1C(=O)Nc1ccc(Cl)c(C(=O)NC2CC2)c1. The highest BCUT2D eigenvalue weighted by molar-refractivity contribution is 6.34. The van der Waals surface area contributed by atoms with E-state index in [1.54, 1.807) is 18.2 Å². The predicted molar refractivity (Wildman–Crippen MR) is 87.8 cm³/mol. The van der Waals surface area contributed by atoms with E-state index in [4.69, 9.17) is 16.3 Å². The highest BCUT2D eigenvalue weighted by Crippen LogP contribution is 2.24. The van der Waals surface area contributed by atoms with Gasteiger partial charge in [0.05, 0.1) is 23.3 Å². The van der Waals surface area contributed by atoms with Crippen molar-refractivity contribution in [2.75, 3.05) is 18.5 Å². The first kappa shape index (κ1) is 16.2. The molecule has 0 bridgehead atoms. The summed E-state index contributed by atoms with van der Waals surface area (Å²) in [5.74, 6) is -0.394. The molecule has 0 radical (unpaired) electrons. The fourth-order valence-corrected chi connectivity index (χ4v) is 2.72. The van der Waals surface area contributed by atoms with E-state index in [-0.39, 0.29) is 24.0 Å². The van der Waals surface area contributed by atoms with E-state index in [2.05, 4.69) is 16.0 Å². The van der Waals surface area contributed by atoms with Crippen LogP contribution in [0.4, 0.5) is 5.69 Å². The number of anilines is 1. The lowest BCUT2D eigenvalue weighted by Crippen LogP contribution is -2.53. The molecule has 1 aliphatic carbocycles. The minimum Gasteiger partial charge on any atom is -0.375 e. The van der Waals surface area contributed by atoms with Gasteiger partial charge < -0.3 is 20.7 Å². The maximum Gasteiger partial charge on any atom is 0.253 e. The summed E-state index contributed by atoms with van der Waals surface area (Å²) in [4.78, 5) is 24.5. The van der Waals surface area contributed by atoms with Crippen LogP contribution >= 0.6 is 11.6 Å². The number of rotatable bonds is 4. The van der Waals surface area contributed by atoms with Crippen LogP contribution in [0.2, 0.25) is 5.02 Å². The van der Waals surface area contributed by atoms with Crippen LogP contribution in [0.25, 0.3) is 0 Å². The Morgan fingerprint density at radius 3 is 2.83 bits per heavy atom. The number of amides is 2. The van der Waals surface area contributed by atoms with Crippen LogP contribution in [0.5, 0.6) is 0 Å². The van der Waals surface area contributed by atoms with E-state index in [0.717, 1.165) is 12.8 Å². The molecular weight excluding hydrogens is 318 g/mol. The highest BCUT2D eigenvalue weighted by Gasteiger charge is 2.29. The van der Waals surface area contributed by atoms with Crippen molar-refractivity contribution in [1.82, 2.24) is 10.6 Å². The first-order chi connectivity index (χ1) is 11.0. The molecule has 3 rings (SSSR count). The zero-order valence-corrected chi connectivity index (χ0v) is 13.7. The molecule has 124 valence electrons. The summed E-state index contributed by atoms with van der Waals surface area (Å²) in [5, 5.41) is 9.21. The molecule has 3 N–H and O–H groups in total. The van der Waals surface area contributed by atoms with Gasteiger partial charge in [-0.15, -0.1) is 0 Å². The Balaban J connectivity index is 1.69. The minimum absolute atomic E-state index is 0.187. The third-order valence-electron chi connectivity index (χ3n) is 3.99. The minimum atomic E-state index is -0.414. The molecule has 0 spiro atoms. The molecule has 23 heavy (non-hydrogen) atoms. The Morgan fingerprint density at radius 1 is 1.35 bits per heavy atom. The number of carbonyl (C=O) groups excluding carboxylic acids is 2. The highest BCUT2D eigenvalue weighted by atomic mass is 35.5. The van der Waals surface area contributed by atoms with E-state index in [9.17, 15) is 9.59 Å². The number of hydrogen-bond acceptors (Lipinski definition) is 4. The summed E-state index contributed by atoms with van der Waals surface area (Å²) in [6.45, 7) is 3.09. The first-order valence-electron chi connectivity index (χ1n) is 7.81. The Morgan fingerprint density at radius 2 is 2.13 bits per heavy atom. The lowest BCUT2D eigenvalue weighted by atomic mass is 10.1. The van der Waals surface area contributed by atoms with Crippen LogP contribution in [-0.2, 0) is 9.53 Å². The number of halogens is 1. The van der Waals surface area contributed by atoms with Crippen LogP contribution in [0, 0.1) is 0 Å². The Hall–Kier alpha value is -1.63. The molecule has 1 heterocycles. The molecule has 2 atom stereocenters. The van der Waals surface area contributed by atoms with Crippen molar-refractivity contribution in [1.29, 1.82) is 0 Å². The Bertz CT molecular complexity index is 619. The lowest BCUT2D eigenvalue weighted by molar-refractivity contribution is -0.123. The van der Waals surface area contributed by atoms with Crippen molar-refractivity contribution in [3.63, 3.8) is 0 Å². The van der Waals surface area contributed by atoms with Gasteiger partial charge in [0.2, 0.25) is 5.91 Å². The van der Waals surface area contributed by atoms with Gasteiger partial charge in [-0.3, -0.25) is 9.59 Å². The fourth-order valence-electron chi connectivity index (χ4n) is 2.52. The molecule has 0 aromatic heterocycles. The molecule has 1 saturated heterocycles. The maximum atomic E-state index is 12.3. The molecule has 2 fully saturated rings. The van der Waals surface area contributed by atoms with E-state index < -0.39 is 6.04 Å². The summed E-state index contributed by atoms with van der Waals surface area (Å²) in [7, 11) is 0. The molecule has 1 saturated carbocycles. The van der Waals surface area contributed by atoms with Crippen molar-refractivity contribution in [3.05, 3.63) is 28.8 Å². The summed E-state index contributed by atoms with van der Waals surface area (Å²) >= 11 is 6.10. The van der Waals surface area contributed by atoms with Crippen molar-refractivity contribution in [2.45, 2.75) is 38.0 Å². The van der Waals surface area contributed by atoms with Crippen LogP contribution in [0.1, 0.15) is 30.1 Å². The van der Waals surface area contributed by atoms with Gasteiger partial charge in [0, 0.05) is 18.3 Å². The summed E-state index contributed by atoms with van der Waals surface area (Å²) in [6.07, 6.45) is 1.81. The van der Waals surface area contributed by atoms with Gasteiger partial charge in [0.15, 0.2) is 0 Å². The van der Waals surface area contributed by atoms with E-state index in [1.807, 2.05) is 6.92 Å². The largest absolute Gasteiger partial charge is 0.375 e. The summed E-state index contributed by atoms with van der Waals surface area (Å²) in [5.41, 5.74) is 0.914. The van der Waals surface area contributed by atoms with E-state index in [1.165, 1.54) is 0 Å². The molecule has 1 aliphatic heterocycles. The molecule has 6 nitrogen and oxygen atoms in total. The number of nitrogens with one attached hydrogen (secondary N) is 3. The van der Waals surface area contributed by atoms with Gasteiger partial charge in [0.1, 0.15) is 6.04 Å². The standard InChI is InChI=1S/C16H20ClN3O3/c1-9-14(18-6-7-23-9)16(22)20-11-4-5-13(17)12(8-11)15(21)19-10-2-3-10/h4-5,8-10,14,18H,2-3,6-7H2,1H3,(H,19,21)(H,20,22)/t9-,14+/m1/s1.